The van der Waals surface area contributed by atoms with Gasteiger partial charge in [-0.15, -0.1) is 0 Å². The minimum absolute atomic E-state index is 0.0622. The number of halogens is 2. The van der Waals surface area contributed by atoms with Crippen LogP contribution in [0.15, 0.2) is 18.2 Å². The van der Waals surface area contributed by atoms with Gasteiger partial charge in [-0.25, -0.2) is 0 Å². The molecule has 24 heavy (non-hydrogen) atoms. The van der Waals surface area contributed by atoms with E-state index in [0.717, 1.165) is 0 Å². The van der Waals surface area contributed by atoms with Gasteiger partial charge in [0, 0.05) is 18.1 Å². The fourth-order valence-electron chi connectivity index (χ4n) is 1.83. The van der Waals surface area contributed by atoms with Crippen LogP contribution < -0.4 is 4.74 Å². The van der Waals surface area contributed by atoms with Crippen LogP contribution in [0.25, 0.3) is 0 Å². The Morgan fingerprint density at radius 2 is 2.04 bits per heavy atom. The standard InChI is InChI=1S/C16H18Cl2N2O4/c1-2-23-16(22)6-9-20(8-3-7-19)15(21)11-24-14-5-4-12(17)10-13(14)18/h4-5,10H,2-3,6,8-9,11H2,1H3. The summed E-state index contributed by atoms with van der Waals surface area (Å²) in [6.45, 7) is 2.11. The maximum Gasteiger partial charge on any atom is 0.307 e. The lowest BCUT2D eigenvalue weighted by atomic mass is 10.3. The lowest BCUT2D eigenvalue weighted by molar-refractivity contribution is -0.144. The van der Waals surface area contributed by atoms with Crippen molar-refractivity contribution in [2.24, 2.45) is 0 Å². The van der Waals surface area contributed by atoms with Gasteiger partial charge >= 0.3 is 5.97 Å². The van der Waals surface area contributed by atoms with Gasteiger partial charge in [-0.1, -0.05) is 23.2 Å². The lowest BCUT2D eigenvalue weighted by Crippen LogP contribution is -2.37. The molecule has 1 rings (SSSR count). The quantitative estimate of drug-likeness (QED) is 0.622. The van der Waals surface area contributed by atoms with Crippen LogP contribution in [0.4, 0.5) is 0 Å². The van der Waals surface area contributed by atoms with Crippen LogP contribution in [0.2, 0.25) is 10.0 Å². The SMILES string of the molecule is CCOC(=O)CCN(CCC#N)C(=O)COc1ccc(Cl)cc1Cl. The van der Waals surface area contributed by atoms with Crippen molar-refractivity contribution in [2.75, 3.05) is 26.3 Å². The van der Waals surface area contributed by atoms with E-state index in [4.69, 9.17) is 37.9 Å². The predicted molar refractivity (Wildman–Crippen MR) is 90.0 cm³/mol. The van der Waals surface area contributed by atoms with Crippen LogP contribution >= 0.6 is 23.2 Å². The Balaban J connectivity index is 2.59. The summed E-state index contributed by atoms with van der Waals surface area (Å²) in [5.41, 5.74) is 0. The number of hydrogen-bond donors (Lipinski definition) is 0. The molecule has 0 saturated heterocycles. The largest absolute Gasteiger partial charge is 0.482 e. The van der Waals surface area contributed by atoms with Crippen molar-refractivity contribution in [3.05, 3.63) is 28.2 Å². The van der Waals surface area contributed by atoms with Crippen molar-refractivity contribution in [3.8, 4) is 11.8 Å². The summed E-state index contributed by atoms with van der Waals surface area (Å²) in [6, 6.07) is 6.64. The molecule has 0 aliphatic carbocycles. The van der Waals surface area contributed by atoms with Crippen LogP contribution in [0.5, 0.6) is 5.75 Å². The first-order valence-corrected chi connectivity index (χ1v) is 8.11. The Bertz CT molecular complexity index is 617. The van der Waals surface area contributed by atoms with E-state index >= 15 is 0 Å². The molecule has 0 aliphatic heterocycles. The summed E-state index contributed by atoms with van der Waals surface area (Å²) in [5, 5.41) is 9.45. The second-order valence-electron chi connectivity index (χ2n) is 4.71. The molecule has 0 spiro atoms. The molecule has 1 amide bonds. The van der Waals surface area contributed by atoms with Gasteiger partial charge in [-0.05, 0) is 25.1 Å². The maximum absolute atomic E-state index is 12.2. The molecule has 6 nitrogen and oxygen atoms in total. The molecular weight excluding hydrogens is 355 g/mol. The molecule has 8 heteroatoms. The summed E-state index contributed by atoms with van der Waals surface area (Å²) in [6.07, 6.45) is 0.225. The fourth-order valence-corrected chi connectivity index (χ4v) is 2.29. The second-order valence-corrected chi connectivity index (χ2v) is 5.55. The lowest BCUT2D eigenvalue weighted by Gasteiger charge is -2.21. The number of nitriles is 1. The molecule has 1 aromatic carbocycles. The highest BCUT2D eigenvalue weighted by molar-refractivity contribution is 6.35. The zero-order valence-electron chi connectivity index (χ0n) is 13.3. The predicted octanol–water partition coefficient (Wildman–Crippen LogP) is 3.07. The summed E-state index contributed by atoms with van der Waals surface area (Å²) in [5.74, 6) is -0.408. The first-order chi connectivity index (χ1) is 11.5. The molecule has 1 aromatic rings. The second kappa shape index (κ2) is 10.7. The van der Waals surface area contributed by atoms with Crippen LogP contribution in [-0.4, -0.2) is 43.1 Å². The van der Waals surface area contributed by atoms with Crippen molar-refractivity contribution in [3.63, 3.8) is 0 Å². The highest BCUT2D eigenvalue weighted by Gasteiger charge is 2.16. The zero-order chi connectivity index (χ0) is 17.9. The van der Waals surface area contributed by atoms with Crippen molar-refractivity contribution in [1.29, 1.82) is 5.26 Å². The third-order valence-electron chi connectivity index (χ3n) is 2.98. The number of benzene rings is 1. The molecule has 0 aromatic heterocycles. The van der Waals surface area contributed by atoms with Gasteiger partial charge < -0.3 is 14.4 Å². The molecule has 130 valence electrons. The average molecular weight is 373 g/mol. The van der Waals surface area contributed by atoms with E-state index in [1.54, 1.807) is 19.1 Å². The van der Waals surface area contributed by atoms with E-state index in [0.29, 0.717) is 15.8 Å². The van der Waals surface area contributed by atoms with Gasteiger partial charge in [0.05, 0.1) is 30.5 Å². The van der Waals surface area contributed by atoms with Crippen LogP contribution in [0, 0.1) is 11.3 Å². The van der Waals surface area contributed by atoms with Gasteiger partial charge in [-0.2, -0.15) is 5.26 Å². The van der Waals surface area contributed by atoms with Crippen molar-refractivity contribution < 1.29 is 19.1 Å². The van der Waals surface area contributed by atoms with Crippen molar-refractivity contribution >= 4 is 35.1 Å². The highest BCUT2D eigenvalue weighted by Crippen LogP contribution is 2.27. The Labute approximate surface area is 150 Å². The topological polar surface area (TPSA) is 79.6 Å². The molecular formula is C16H18Cl2N2O4. The van der Waals surface area contributed by atoms with Crippen molar-refractivity contribution in [2.45, 2.75) is 19.8 Å². The Kier molecular flexibility index (Phi) is 8.98. The van der Waals surface area contributed by atoms with Crippen LogP contribution in [-0.2, 0) is 14.3 Å². The molecule has 0 radical (unpaired) electrons. The fraction of sp³-hybridized carbons (Fsp3) is 0.438. The molecule has 0 N–H and O–H groups in total. The van der Waals surface area contributed by atoms with E-state index in [9.17, 15) is 9.59 Å². The minimum Gasteiger partial charge on any atom is -0.482 e. The number of amides is 1. The number of hydrogen-bond acceptors (Lipinski definition) is 5. The Morgan fingerprint density at radius 1 is 1.29 bits per heavy atom. The molecule has 0 bridgehead atoms. The van der Waals surface area contributed by atoms with Crippen molar-refractivity contribution in [1.82, 2.24) is 4.90 Å². The molecule has 0 fully saturated rings. The zero-order valence-corrected chi connectivity index (χ0v) is 14.8. The van der Waals surface area contributed by atoms with E-state index in [2.05, 4.69) is 0 Å². The average Bonchev–Trinajstić information content (AvgIpc) is 2.54. The van der Waals surface area contributed by atoms with Gasteiger partial charge in [0.25, 0.3) is 5.91 Å². The van der Waals surface area contributed by atoms with Crippen LogP contribution in [0.1, 0.15) is 19.8 Å². The number of carbonyl (C=O) groups is 2. The number of nitrogens with zero attached hydrogens (tertiary/aromatic N) is 2. The first-order valence-electron chi connectivity index (χ1n) is 7.36. The molecule has 0 saturated carbocycles. The number of rotatable bonds is 9. The third kappa shape index (κ3) is 7.07. The van der Waals surface area contributed by atoms with Gasteiger partial charge in [-0.3, -0.25) is 9.59 Å². The van der Waals surface area contributed by atoms with E-state index in [1.807, 2.05) is 6.07 Å². The Hall–Kier alpha value is -1.97. The normalized spacial score (nSPS) is 9.92. The third-order valence-corrected chi connectivity index (χ3v) is 3.51. The van der Waals surface area contributed by atoms with E-state index in [-0.39, 0.29) is 45.1 Å². The highest BCUT2D eigenvalue weighted by atomic mass is 35.5. The molecule has 0 aliphatic rings. The van der Waals surface area contributed by atoms with E-state index < -0.39 is 5.97 Å². The number of carbonyl (C=O) groups excluding carboxylic acids is 2. The minimum atomic E-state index is -0.395. The summed E-state index contributed by atoms with van der Waals surface area (Å²) >= 11 is 11.8. The molecule has 0 atom stereocenters. The van der Waals surface area contributed by atoms with Gasteiger partial charge in [0.2, 0.25) is 0 Å². The first kappa shape index (κ1) is 20.1. The molecule has 0 heterocycles. The smallest absolute Gasteiger partial charge is 0.307 e. The summed E-state index contributed by atoms with van der Waals surface area (Å²) in [7, 11) is 0. The van der Waals surface area contributed by atoms with Crippen LogP contribution in [0.3, 0.4) is 0 Å². The van der Waals surface area contributed by atoms with Gasteiger partial charge in [0.1, 0.15) is 5.75 Å². The summed E-state index contributed by atoms with van der Waals surface area (Å²) in [4.78, 5) is 25.0. The summed E-state index contributed by atoms with van der Waals surface area (Å²) < 4.78 is 10.2. The molecule has 0 unspecified atom stereocenters. The monoisotopic (exact) mass is 372 g/mol. The number of ether oxygens (including phenoxy) is 2. The van der Waals surface area contributed by atoms with Gasteiger partial charge in [0.15, 0.2) is 6.61 Å². The van der Waals surface area contributed by atoms with E-state index in [1.165, 1.54) is 11.0 Å². The maximum atomic E-state index is 12.2. The Morgan fingerprint density at radius 3 is 2.67 bits per heavy atom. The number of esters is 1.